The Hall–Kier alpha value is -9.42. The van der Waals surface area contributed by atoms with Crippen LogP contribution < -0.4 is 9.80 Å². The summed E-state index contributed by atoms with van der Waals surface area (Å²) in [6.07, 6.45) is 0. The zero-order valence-corrected chi connectivity index (χ0v) is 34.5. The van der Waals surface area contributed by atoms with Crippen LogP contribution in [0.4, 0.5) is 34.1 Å². The van der Waals surface area contributed by atoms with E-state index in [9.17, 15) is 51.1 Å². The van der Waals surface area contributed by atoms with Gasteiger partial charge in [0.25, 0.3) is 0 Å². The molecule has 0 saturated heterocycles. The number of anilines is 6. The molecule has 0 aromatic heterocycles. The Morgan fingerprint density at radius 3 is 0.803 bits per heavy atom. The van der Waals surface area contributed by atoms with E-state index in [1.165, 1.54) is 9.80 Å². The van der Waals surface area contributed by atoms with Crippen LogP contribution in [0.1, 0.15) is 0 Å². The molecule has 0 fully saturated rings. The molecule has 0 spiro atoms. The van der Waals surface area contributed by atoms with Crippen LogP contribution in [-0.4, -0.2) is 51.1 Å². The molecular formula is C54H38N2O10. The highest BCUT2D eigenvalue weighted by molar-refractivity contribution is 6.25. The van der Waals surface area contributed by atoms with E-state index in [0.717, 1.165) is 22.3 Å². The molecule has 12 heteroatoms. The van der Waals surface area contributed by atoms with Crippen molar-refractivity contribution in [3.8, 4) is 79.7 Å². The first-order valence-corrected chi connectivity index (χ1v) is 20.6. The first-order chi connectivity index (χ1) is 31.9. The fourth-order valence-corrected chi connectivity index (χ4v) is 8.70. The van der Waals surface area contributed by atoms with Crippen molar-refractivity contribution in [3.63, 3.8) is 0 Å². The lowest BCUT2D eigenvalue weighted by atomic mass is 9.93. The Bertz CT molecular complexity index is 3240. The average Bonchev–Trinajstić information content (AvgIpc) is 3.37. The summed E-state index contributed by atoms with van der Waals surface area (Å²) >= 11 is 0. The fraction of sp³-hybridized carbons (Fsp3) is 0. The number of phenolic OH excluding ortho intramolecular Hbond substituents is 10. The molecule has 10 aromatic carbocycles. The standard InChI is InChI=1S/C54H38N2O10/c57-45-43(46(58)50(62)53(65)49(45)61)55(33-23-19-31(20-24-33)29-11-3-1-4-12-29)41-27-39-36-16-8-10-18-38(36)42(28-40(39)35-15-7-9-17-37(35)41)56(44-47(59)51(63)54(66)52(64)48(44)60)34-25-21-32(22-26-34)30-13-5-2-6-14-30/h1-28,57-66H. The zero-order chi connectivity index (χ0) is 46.0. The van der Waals surface area contributed by atoms with Crippen LogP contribution in [-0.2, 0) is 0 Å². The quantitative estimate of drug-likeness (QED) is 0.0393. The highest BCUT2D eigenvalue weighted by Gasteiger charge is 2.33. The van der Waals surface area contributed by atoms with E-state index >= 15 is 0 Å². The molecule has 0 bridgehead atoms. The molecule has 0 aliphatic rings. The number of hydrogen-bond donors (Lipinski definition) is 10. The van der Waals surface area contributed by atoms with Gasteiger partial charge in [0.2, 0.25) is 34.5 Å². The largest absolute Gasteiger partial charge is 0.503 e. The summed E-state index contributed by atoms with van der Waals surface area (Å²) in [6, 6.07) is 51.9. The van der Waals surface area contributed by atoms with Gasteiger partial charge in [-0.15, -0.1) is 0 Å². The number of aromatic hydroxyl groups is 10. The van der Waals surface area contributed by atoms with E-state index in [1.807, 2.05) is 133 Å². The molecule has 10 rings (SSSR count). The van der Waals surface area contributed by atoms with Gasteiger partial charge < -0.3 is 60.9 Å². The second-order valence-corrected chi connectivity index (χ2v) is 15.7. The van der Waals surface area contributed by atoms with Gasteiger partial charge in [0.1, 0.15) is 11.4 Å². The van der Waals surface area contributed by atoms with Gasteiger partial charge >= 0.3 is 0 Å². The predicted octanol–water partition coefficient (Wildman–Crippen LogP) is 12.5. The molecule has 0 aliphatic carbocycles. The third-order valence-electron chi connectivity index (χ3n) is 11.9. The van der Waals surface area contributed by atoms with Gasteiger partial charge in [-0.1, -0.05) is 133 Å². The van der Waals surface area contributed by atoms with E-state index in [1.54, 1.807) is 36.4 Å². The van der Waals surface area contributed by atoms with Crippen LogP contribution in [0, 0.1) is 0 Å². The molecular weight excluding hydrogens is 837 g/mol. The van der Waals surface area contributed by atoms with E-state index < -0.39 is 68.9 Å². The van der Waals surface area contributed by atoms with Gasteiger partial charge in [0, 0.05) is 22.1 Å². The van der Waals surface area contributed by atoms with Gasteiger partial charge in [-0.2, -0.15) is 0 Å². The summed E-state index contributed by atoms with van der Waals surface area (Å²) in [5.41, 5.74) is 4.24. The number of rotatable bonds is 8. The zero-order valence-electron chi connectivity index (χ0n) is 34.5. The minimum atomic E-state index is -1.11. The minimum absolute atomic E-state index is 0.371. The van der Waals surface area contributed by atoms with Crippen molar-refractivity contribution >= 4 is 66.4 Å². The second-order valence-electron chi connectivity index (χ2n) is 15.7. The van der Waals surface area contributed by atoms with Crippen molar-refractivity contribution in [1.82, 2.24) is 0 Å². The van der Waals surface area contributed by atoms with Crippen LogP contribution in [0.5, 0.6) is 57.5 Å². The molecule has 0 radical (unpaired) electrons. The predicted molar refractivity (Wildman–Crippen MR) is 256 cm³/mol. The topological polar surface area (TPSA) is 209 Å². The Morgan fingerprint density at radius 1 is 0.227 bits per heavy atom. The number of fused-ring (bicyclic) bond motifs is 5. The van der Waals surface area contributed by atoms with Gasteiger partial charge in [0.15, 0.2) is 23.0 Å². The lowest BCUT2D eigenvalue weighted by Crippen LogP contribution is -2.12. The van der Waals surface area contributed by atoms with Crippen LogP contribution >= 0.6 is 0 Å². The number of hydrogen-bond acceptors (Lipinski definition) is 12. The second kappa shape index (κ2) is 15.7. The highest BCUT2D eigenvalue weighted by atomic mass is 16.4. The lowest BCUT2D eigenvalue weighted by molar-refractivity contribution is 0.329. The maximum Gasteiger partial charge on any atom is 0.208 e. The van der Waals surface area contributed by atoms with Crippen molar-refractivity contribution in [2.45, 2.75) is 0 Å². The molecule has 0 atom stereocenters. The van der Waals surface area contributed by atoms with Crippen LogP contribution in [0.3, 0.4) is 0 Å². The summed E-state index contributed by atoms with van der Waals surface area (Å²) in [6.45, 7) is 0. The van der Waals surface area contributed by atoms with Crippen LogP contribution in [0.2, 0.25) is 0 Å². The van der Waals surface area contributed by atoms with Crippen molar-refractivity contribution in [2.24, 2.45) is 0 Å². The van der Waals surface area contributed by atoms with Crippen LogP contribution in [0.15, 0.2) is 170 Å². The third-order valence-corrected chi connectivity index (χ3v) is 11.9. The van der Waals surface area contributed by atoms with Gasteiger partial charge in [-0.05, 0) is 80.2 Å². The summed E-state index contributed by atoms with van der Waals surface area (Å²) < 4.78 is 0. The molecule has 66 heavy (non-hydrogen) atoms. The molecule has 0 unspecified atom stereocenters. The maximum absolute atomic E-state index is 11.5. The molecule has 324 valence electrons. The first-order valence-electron chi connectivity index (χ1n) is 20.6. The third kappa shape index (κ3) is 6.39. The normalized spacial score (nSPS) is 11.3. The first kappa shape index (κ1) is 40.6. The highest BCUT2D eigenvalue weighted by Crippen LogP contribution is 2.61. The van der Waals surface area contributed by atoms with Crippen molar-refractivity contribution in [2.75, 3.05) is 9.80 Å². The van der Waals surface area contributed by atoms with Gasteiger partial charge in [-0.3, -0.25) is 0 Å². The smallest absolute Gasteiger partial charge is 0.208 e. The Morgan fingerprint density at radius 2 is 0.485 bits per heavy atom. The van der Waals surface area contributed by atoms with Crippen molar-refractivity contribution in [3.05, 3.63) is 170 Å². The summed E-state index contributed by atoms with van der Waals surface area (Å²) in [5.74, 6) is -10.1. The van der Waals surface area contributed by atoms with E-state index in [0.29, 0.717) is 55.1 Å². The molecule has 12 nitrogen and oxygen atoms in total. The molecule has 0 amide bonds. The monoisotopic (exact) mass is 874 g/mol. The lowest BCUT2D eigenvalue weighted by Gasteiger charge is -2.31. The molecule has 0 saturated carbocycles. The minimum Gasteiger partial charge on any atom is -0.503 e. The molecule has 10 aromatic rings. The Kier molecular flexibility index (Phi) is 9.69. The van der Waals surface area contributed by atoms with E-state index in [4.69, 9.17) is 0 Å². The fourth-order valence-electron chi connectivity index (χ4n) is 8.70. The summed E-state index contributed by atoms with van der Waals surface area (Å²) in [7, 11) is 0. The van der Waals surface area contributed by atoms with Gasteiger partial charge in [-0.25, -0.2) is 0 Å². The summed E-state index contributed by atoms with van der Waals surface area (Å²) in [5, 5.41) is 114. The van der Waals surface area contributed by atoms with Crippen molar-refractivity contribution < 1.29 is 51.1 Å². The molecule has 0 heterocycles. The van der Waals surface area contributed by atoms with Crippen LogP contribution in [0.25, 0.3) is 54.6 Å². The number of nitrogens with zero attached hydrogens (tertiary/aromatic N) is 2. The molecule has 10 N–H and O–H groups in total. The maximum atomic E-state index is 11.5. The Balaban J connectivity index is 1.28. The van der Waals surface area contributed by atoms with E-state index in [2.05, 4.69) is 0 Å². The average molecular weight is 875 g/mol. The molecule has 0 aliphatic heterocycles. The van der Waals surface area contributed by atoms with Gasteiger partial charge in [0.05, 0.1) is 11.4 Å². The summed E-state index contributed by atoms with van der Waals surface area (Å²) in [4.78, 5) is 2.95. The SMILES string of the molecule is Oc1c(O)c(O)c(N(c2ccc(-c3ccccc3)cc2)c2cc3c4ccccc4c(N(c4ccc(-c5ccccc5)cc4)c4c(O)c(O)c(O)c(O)c4O)cc3c3ccccc23)c(O)c1O. The number of phenols is 10. The van der Waals surface area contributed by atoms with E-state index in [-0.39, 0.29) is 0 Å². The number of benzene rings is 10. The van der Waals surface area contributed by atoms with Crippen molar-refractivity contribution in [1.29, 1.82) is 0 Å². The Labute approximate surface area is 375 Å².